The van der Waals surface area contributed by atoms with Gasteiger partial charge in [0.25, 0.3) is 5.88 Å². The van der Waals surface area contributed by atoms with E-state index in [1.54, 1.807) is 6.20 Å². The van der Waals surface area contributed by atoms with Gasteiger partial charge in [-0.25, -0.2) is 15.0 Å². The zero-order valence-corrected chi connectivity index (χ0v) is 21.5. The summed E-state index contributed by atoms with van der Waals surface area (Å²) in [6.07, 6.45) is 10.4. The van der Waals surface area contributed by atoms with Crippen molar-refractivity contribution in [3.63, 3.8) is 0 Å². The fourth-order valence-electron chi connectivity index (χ4n) is 3.70. The van der Waals surface area contributed by atoms with Crippen molar-refractivity contribution >= 4 is 20.1 Å². The van der Waals surface area contributed by atoms with Crippen molar-refractivity contribution in [2.45, 2.75) is 58.7 Å². The maximum Gasteiger partial charge on any atom is 0.388 e. The first kappa shape index (κ1) is 25.8. The van der Waals surface area contributed by atoms with Gasteiger partial charge in [-0.15, -0.1) is 9.24 Å². The number of nitrogens with zero attached hydrogens (tertiary/aromatic N) is 5. The number of hydrogen-bond acceptors (Lipinski definition) is 8. The molecule has 0 aromatic carbocycles. The second-order valence-corrected chi connectivity index (χ2v) is 9.03. The molecule has 1 aliphatic carbocycles. The van der Waals surface area contributed by atoms with E-state index in [0.717, 1.165) is 47.8 Å². The smallest absolute Gasteiger partial charge is 0.388 e. The summed E-state index contributed by atoms with van der Waals surface area (Å²) in [5, 5.41) is 0.959. The van der Waals surface area contributed by atoms with Gasteiger partial charge in [-0.3, -0.25) is 4.98 Å². The minimum Gasteiger partial charge on any atom is -0.490 e. The molecule has 0 N–H and O–H groups in total. The average Bonchev–Trinajstić information content (AvgIpc) is 3.71. The van der Waals surface area contributed by atoms with Gasteiger partial charge in [0, 0.05) is 17.7 Å². The highest BCUT2D eigenvalue weighted by atomic mass is 31.0. The third-order valence-corrected chi connectivity index (χ3v) is 6.07. The molecule has 0 bridgehead atoms. The standard InChI is InChI=1S/C25H28F2N5O3P/c1-4-5-6-14(2)20-18(36)9-15(10-28-20)12-34-23-17(33-3)11-29-22(32-23)19-21(16-7-8-16)30-13-31-24(19)35-25(26)27/h6,9-11,13,16,25H,4-5,7-8,12,36H2,1-3H3. The molecule has 0 amide bonds. The normalized spacial score (nSPS) is 13.7. The van der Waals surface area contributed by atoms with E-state index < -0.39 is 6.61 Å². The van der Waals surface area contributed by atoms with E-state index >= 15 is 0 Å². The quantitative estimate of drug-likeness (QED) is 0.326. The minimum atomic E-state index is -3.04. The zero-order chi connectivity index (χ0) is 25.7. The van der Waals surface area contributed by atoms with Gasteiger partial charge in [-0.05, 0) is 43.1 Å². The van der Waals surface area contributed by atoms with Gasteiger partial charge in [0.1, 0.15) is 18.5 Å². The second kappa shape index (κ2) is 11.6. The Morgan fingerprint density at radius 2 is 1.97 bits per heavy atom. The first-order valence-electron chi connectivity index (χ1n) is 11.7. The van der Waals surface area contributed by atoms with Crippen LogP contribution >= 0.6 is 9.24 Å². The van der Waals surface area contributed by atoms with Crippen LogP contribution < -0.4 is 19.5 Å². The Labute approximate surface area is 210 Å². The molecular formula is C25H28F2N5O3P. The molecule has 190 valence electrons. The number of methoxy groups -OCH3 is 1. The highest BCUT2D eigenvalue weighted by Gasteiger charge is 2.32. The molecule has 1 fully saturated rings. The molecule has 11 heteroatoms. The number of alkyl halides is 2. The number of halogens is 2. The zero-order valence-electron chi connectivity index (χ0n) is 20.4. The molecule has 36 heavy (non-hydrogen) atoms. The van der Waals surface area contributed by atoms with Crippen molar-refractivity contribution in [2.75, 3.05) is 7.11 Å². The van der Waals surface area contributed by atoms with E-state index in [1.807, 2.05) is 13.0 Å². The Morgan fingerprint density at radius 1 is 1.17 bits per heavy atom. The maximum absolute atomic E-state index is 13.1. The molecule has 1 unspecified atom stereocenters. The highest BCUT2D eigenvalue weighted by Crippen LogP contribution is 2.45. The number of rotatable bonds is 11. The molecule has 8 nitrogen and oxygen atoms in total. The van der Waals surface area contributed by atoms with Crippen molar-refractivity contribution in [3.8, 4) is 28.9 Å². The van der Waals surface area contributed by atoms with Gasteiger partial charge in [0.2, 0.25) is 5.88 Å². The van der Waals surface area contributed by atoms with Crippen molar-refractivity contribution in [1.82, 2.24) is 24.9 Å². The lowest BCUT2D eigenvalue weighted by Crippen LogP contribution is -2.10. The van der Waals surface area contributed by atoms with Crippen molar-refractivity contribution in [3.05, 3.63) is 47.8 Å². The van der Waals surface area contributed by atoms with Gasteiger partial charge in [0.05, 0.1) is 24.7 Å². The summed E-state index contributed by atoms with van der Waals surface area (Å²) >= 11 is 0. The van der Waals surface area contributed by atoms with Crippen LogP contribution in [0.3, 0.4) is 0 Å². The number of pyridine rings is 1. The van der Waals surface area contributed by atoms with Crippen molar-refractivity contribution < 1.29 is 23.0 Å². The minimum absolute atomic E-state index is 0.123. The van der Waals surface area contributed by atoms with Crippen molar-refractivity contribution in [1.29, 1.82) is 0 Å². The lowest BCUT2D eigenvalue weighted by atomic mass is 10.1. The molecule has 0 saturated heterocycles. The first-order valence-corrected chi connectivity index (χ1v) is 12.2. The van der Waals surface area contributed by atoms with E-state index in [4.69, 9.17) is 9.47 Å². The van der Waals surface area contributed by atoms with E-state index in [-0.39, 0.29) is 35.7 Å². The van der Waals surface area contributed by atoms with Crippen molar-refractivity contribution in [2.24, 2.45) is 0 Å². The van der Waals surface area contributed by atoms with Gasteiger partial charge in [-0.1, -0.05) is 19.4 Å². The van der Waals surface area contributed by atoms with Crippen LogP contribution in [0, 0.1) is 0 Å². The fraction of sp³-hybridized carbons (Fsp3) is 0.400. The van der Waals surface area contributed by atoms with Gasteiger partial charge >= 0.3 is 6.61 Å². The predicted molar refractivity (Wildman–Crippen MR) is 135 cm³/mol. The van der Waals surface area contributed by atoms with Gasteiger partial charge in [0.15, 0.2) is 11.6 Å². The Morgan fingerprint density at radius 3 is 2.64 bits per heavy atom. The molecule has 3 aromatic rings. The van der Waals surface area contributed by atoms with Crippen LogP contribution in [0.5, 0.6) is 17.5 Å². The first-order chi connectivity index (χ1) is 17.4. The number of allylic oxidation sites excluding steroid dienone is 2. The molecule has 1 saturated carbocycles. The molecule has 1 aliphatic rings. The molecule has 0 radical (unpaired) electrons. The monoisotopic (exact) mass is 515 g/mol. The lowest BCUT2D eigenvalue weighted by molar-refractivity contribution is -0.0525. The van der Waals surface area contributed by atoms with E-state index in [2.05, 4.69) is 51.9 Å². The van der Waals surface area contributed by atoms with Crippen LogP contribution in [0.1, 0.15) is 62.4 Å². The molecule has 3 aromatic heterocycles. The summed E-state index contributed by atoms with van der Waals surface area (Å²) in [6, 6.07) is 1.98. The van der Waals surface area contributed by atoms with Gasteiger partial charge < -0.3 is 14.2 Å². The summed E-state index contributed by atoms with van der Waals surface area (Å²) in [4.78, 5) is 21.6. The molecule has 4 rings (SSSR count). The summed E-state index contributed by atoms with van der Waals surface area (Å²) in [5.74, 6) is 0.439. The Balaban J connectivity index is 1.61. The molecule has 3 heterocycles. The second-order valence-electron chi connectivity index (χ2n) is 8.40. The maximum atomic E-state index is 13.1. The average molecular weight is 516 g/mol. The number of hydrogen-bond donors (Lipinski definition) is 0. The van der Waals surface area contributed by atoms with Crippen LogP contribution in [0.4, 0.5) is 8.78 Å². The van der Waals surface area contributed by atoms with Crippen LogP contribution in [0.15, 0.2) is 30.9 Å². The highest BCUT2D eigenvalue weighted by molar-refractivity contribution is 7.27. The Hall–Kier alpha value is -3.26. The summed E-state index contributed by atoms with van der Waals surface area (Å²) < 4.78 is 42.1. The molecule has 1 atom stereocenters. The fourth-order valence-corrected chi connectivity index (χ4v) is 4.21. The summed E-state index contributed by atoms with van der Waals surface area (Å²) in [7, 11) is 4.19. The molecule has 0 aliphatic heterocycles. The summed E-state index contributed by atoms with van der Waals surface area (Å²) in [5.41, 5.74) is 3.69. The Bertz CT molecular complexity index is 1250. The molecule has 0 spiro atoms. The lowest BCUT2D eigenvalue weighted by Gasteiger charge is -2.14. The number of unbranched alkanes of at least 4 members (excludes halogenated alkanes) is 1. The van der Waals surface area contributed by atoms with Crippen LogP contribution in [0.25, 0.3) is 17.0 Å². The van der Waals surface area contributed by atoms with Crippen LogP contribution in [-0.2, 0) is 6.61 Å². The van der Waals surface area contributed by atoms with E-state index in [9.17, 15) is 8.78 Å². The van der Waals surface area contributed by atoms with E-state index in [0.29, 0.717) is 11.4 Å². The van der Waals surface area contributed by atoms with Gasteiger partial charge in [-0.2, -0.15) is 13.8 Å². The number of ether oxygens (including phenoxy) is 3. The topological polar surface area (TPSA) is 92.1 Å². The molecular weight excluding hydrogens is 487 g/mol. The number of aromatic nitrogens is 5. The van der Waals surface area contributed by atoms with Crippen LogP contribution in [0.2, 0.25) is 0 Å². The predicted octanol–water partition coefficient (Wildman–Crippen LogP) is 5.10. The van der Waals surface area contributed by atoms with E-state index in [1.165, 1.54) is 19.6 Å². The third kappa shape index (κ3) is 6.10. The SMILES string of the molecule is CCCC=C(C)c1ncc(COc2nc(-c3c(OC(F)F)ncnc3C3CC3)ncc2OC)cc1P. The third-order valence-electron chi connectivity index (χ3n) is 5.63. The summed E-state index contributed by atoms with van der Waals surface area (Å²) in [6.45, 7) is 1.30. The Kier molecular flexibility index (Phi) is 8.36. The van der Waals surface area contributed by atoms with Crippen LogP contribution in [-0.4, -0.2) is 38.6 Å². The largest absolute Gasteiger partial charge is 0.490 e.